The Kier molecular flexibility index (Phi) is 6.71. The minimum atomic E-state index is -0.160. The summed E-state index contributed by atoms with van der Waals surface area (Å²) in [6.45, 7) is 11.6. The number of benzene rings is 1. The summed E-state index contributed by atoms with van der Waals surface area (Å²) in [5, 5.41) is 9.26. The molecule has 1 saturated heterocycles. The van der Waals surface area contributed by atoms with Crippen molar-refractivity contribution in [3.8, 4) is 0 Å². The highest BCUT2D eigenvalue weighted by Gasteiger charge is 2.28. The predicted molar refractivity (Wildman–Crippen MR) is 121 cm³/mol. The van der Waals surface area contributed by atoms with Gasteiger partial charge in [0.15, 0.2) is 0 Å². The molecule has 0 spiro atoms. The van der Waals surface area contributed by atoms with E-state index in [9.17, 15) is 9.59 Å². The third-order valence-corrected chi connectivity index (χ3v) is 6.37. The van der Waals surface area contributed by atoms with E-state index in [1.54, 1.807) is 11.7 Å². The molecule has 1 aliphatic rings. The lowest BCUT2D eigenvalue weighted by Gasteiger charge is -2.41. The number of hydrogen-bond donors (Lipinski definition) is 3. The van der Waals surface area contributed by atoms with Crippen LogP contribution in [-0.2, 0) is 13.6 Å². The summed E-state index contributed by atoms with van der Waals surface area (Å²) in [6, 6.07) is 7.33. The zero-order valence-electron chi connectivity index (χ0n) is 19.0. The Morgan fingerprint density at radius 3 is 2.47 bits per heavy atom. The Balaban J connectivity index is 1.81. The normalized spacial score (nSPS) is 21.5. The molecule has 2 atom stereocenters. The van der Waals surface area contributed by atoms with Crippen molar-refractivity contribution < 1.29 is 4.79 Å². The Labute approximate surface area is 178 Å². The molecule has 7 nitrogen and oxygen atoms in total. The van der Waals surface area contributed by atoms with E-state index in [2.05, 4.69) is 47.5 Å². The monoisotopic (exact) mass is 413 g/mol. The molecule has 1 aliphatic heterocycles. The van der Waals surface area contributed by atoms with Gasteiger partial charge in [-0.3, -0.25) is 19.4 Å². The Morgan fingerprint density at radius 1 is 1.23 bits per heavy atom. The second-order valence-electron chi connectivity index (χ2n) is 8.58. The molecular formula is C23H35N5O2. The first-order valence-electron chi connectivity index (χ1n) is 10.9. The summed E-state index contributed by atoms with van der Waals surface area (Å²) >= 11 is 0. The lowest BCUT2D eigenvalue weighted by atomic mass is 9.92. The number of aromatic amines is 1. The minimum absolute atomic E-state index is 0.153. The number of aromatic nitrogens is 2. The van der Waals surface area contributed by atoms with Crippen molar-refractivity contribution in [3.05, 3.63) is 50.9 Å². The summed E-state index contributed by atoms with van der Waals surface area (Å²) in [4.78, 5) is 27.4. The van der Waals surface area contributed by atoms with Crippen LogP contribution in [0.15, 0.2) is 23.0 Å². The van der Waals surface area contributed by atoms with Gasteiger partial charge in [-0.15, -0.1) is 0 Å². The van der Waals surface area contributed by atoms with Gasteiger partial charge in [0.2, 0.25) is 0 Å². The topological polar surface area (TPSA) is 82.2 Å². The third kappa shape index (κ3) is 4.46. The van der Waals surface area contributed by atoms with E-state index < -0.39 is 0 Å². The number of anilines is 1. The first kappa shape index (κ1) is 22.2. The maximum atomic E-state index is 13.0. The van der Waals surface area contributed by atoms with Crippen LogP contribution in [0.3, 0.4) is 0 Å². The van der Waals surface area contributed by atoms with Gasteiger partial charge in [-0.2, -0.15) is 0 Å². The fraction of sp³-hybridized carbons (Fsp3) is 0.565. The molecular weight excluding hydrogens is 378 g/mol. The number of aryl methyl sites for hydroxylation is 1. The van der Waals surface area contributed by atoms with E-state index in [0.29, 0.717) is 29.3 Å². The third-order valence-electron chi connectivity index (χ3n) is 6.37. The van der Waals surface area contributed by atoms with Gasteiger partial charge >= 0.3 is 0 Å². The van der Waals surface area contributed by atoms with E-state index in [-0.39, 0.29) is 18.0 Å². The van der Waals surface area contributed by atoms with Crippen LogP contribution in [0, 0.1) is 13.8 Å². The highest BCUT2D eigenvalue weighted by atomic mass is 16.2. The summed E-state index contributed by atoms with van der Waals surface area (Å²) in [7, 11) is 1.79. The van der Waals surface area contributed by atoms with Crippen molar-refractivity contribution >= 4 is 11.6 Å². The Hall–Kier alpha value is -2.54. The molecule has 30 heavy (non-hydrogen) atoms. The first-order chi connectivity index (χ1) is 14.2. The molecule has 3 rings (SSSR count). The molecule has 1 amide bonds. The van der Waals surface area contributed by atoms with Crippen LogP contribution in [0.5, 0.6) is 0 Å². The number of nitrogens with one attached hydrogen (secondary N) is 3. The summed E-state index contributed by atoms with van der Waals surface area (Å²) < 4.78 is 1.68. The maximum absolute atomic E-state index is 13.0. The van der Waals surface area contributed by atoms with E-state index in [4.69, 9.17) is 0 Å². The van der Waals surface area contributed by atoms with Crippen LogP contribution in [0.1, 0.15) is 60.8 Å². The van der Waals surface area contributed by atoms with Crippen LogP contribution >= 0.6 is 0 Å². The minimum Gasteiger partial charge on any atom is -0.368 e. The SMILES string of the molecule is CCN(c1cccc(C(=O)NCc2c(C)n(C)[nH]c2=O)c1C)C1CC(C)NC(C)C1. The van der Waals surface area contributed by atoms with Crippen LogP contribution in [0.4, 0.5) is 5.69 Å². The molecule has 1 fully saturated rings. The average Bonchev–Trinajstić information content (AvgIpc) is 2.92. The number of H-pyrrole nitrogens is 1. The van der Waals surface area contributed by atoms with Gasteiger partial charge in [0.25, 0.3) is 11.5 Å². The zero-order valence-corrected chi connectivity index (χ0v) is 19.0. The molecule has 2 aromatic rings. The van der Waals surface area contributed by atoms with Crippen molar-refractivity contribution in [2.24, 2.45) is 7.05 Å². The smallest absolute Gasteiger partial charge is 0.269 e. The van der Waals surface area contributed by atoms with Crippen LogP contribution in [0.25, 0.3) is 0 Å². The Morgan fingerprint density at radius 2 is 1.90 bits per heavy atom. The van der Waals surface area contributed by atoms with Crippen LogP contribution < -0.4 is 21.1 Å². The van der Waals surface area contributed by atoms with Crippen molar-refractivity contribution in [2.45, 2.75) is 72.1 Å². The maximum Gasteiger partial charge on any atom is 0.269 e. The second-order valence-corrected chi connectivity index (χ2v) is 8.58. The predicted octanol–water partition coefficient (Wildman–Crippen LogP) is 2.62. The molecule has 164 valence electrons. The van der Waals surface area contributed by atoms with E-state index in [0.717, 1.165) is 36.3 Å². The number of amides is 1. The van der Waals surface area contributed by atoms with Crippen molar-refractivity contribution in [1.82, 2.24) is 20.4 Å². The molecule has 7 heteroatoms. The van der Waals surface area contributed by atoms with E-state index in [1.165, 1.54) is 0 Å². The first-order valence-corrected chi connectivity index (χ1v) is 10.9. The number of hydrogen-bond acceptors (Lipinski definition) is 4. The number of piperidine rings is 1. The molecule has 1 aromatic heterocycles. The molecule has 3 N–H and O–H groups in total. The number of carbonyl (C=O) groups is 1. The van der Waals surface area contributed by atoms with Crippen molar-refractivity contribution in [3.63, 3.8) is 0 Å². The summed E-state index contributed by atoms with van der Waals surface area (Å²) in [5.41, 5.74) is 4.02. The molecule has 0 saturated carbocycles. The van der Waals surface area contributed by atoms with Crippen LogP contribution in [-0.4, -0.2) is 40.4 Å². The van der Waals surface area contributed by atoms with Crippen LogP contribution in [0.2, 0.25) is 0 Å². The highest BCUT2D eigenvalue weighted by Crippen LogP contribution is 2.29. The fourth-order valence-corrected chi connectivity index (χ4v) is 4.74. The summed E-state index contributed by atoms with van der Waals surface area (Å²) in [5.74, 6) is -0.153. The van der Waals surface area contributed by atoms with Crippen molar-refractivity contribution in [2.75, 3.05) is 11.4 Å². The fourth-order valence-electron chi connectivity index (χ4n) is 4.74. The van der Waals surface area contributed by atoms with Gasteiger partial charge in [-0.25, -0.2) is 0 Å². The van der Waals surface area contributed by atoms with Gasteiger partial charge in [0, 0.05) is 48.7 Å². The molecule has 0 radical (unpaired) electrons. The van der Waals surface area contributed by atoms with Gasteiger partial charge in [-0.05, 0) is 65.2 Å². The highest BCUT2D eigenvalue weighted by molar-refractivity contribution is 5.97. The number of carbonyl (C=O) groups excluding carboxylic acids is 1. The second kappa shape index (κ2) is 9.08. The standard InChI is InChI=1S/C23H35N5O2/c1-7-28(18-11-14(2)25-15(3)12-18)21-10-8-9-19(16(21)4)22(29)24-13-20-17(5)27(6)26-23(20)30/h8-10,14-15,18,25H,7,11-13H2,1-6H3,(H,24,29)(H,26,30). The van der Waals surface area contributed by atoms with Gasteiger partial charge in [0.05, 0.1) is 12.1 Å². The number of rotatable bonds is 6. The van der Waals surface area contributed by atoms with Gasteiger partial charge in [0.1, 0.15) is 0 Å². The van der Waals surface area contributed by atoms with E-state index >= 15 is 0 Å². The largest absolute Gasteiger partial charge is 0.368 e. The van der Waals surface area contributed by atoms with Gasteiger partial charge in [-0.1, -0.05) is 6.07 Å². The molecule has 0 bridgehead atoms. The lowest BCUT2D eigenvalue weighted by molar-refractivity contribution is 0.0950. The van der Waals surface area contributed by atoms with E-state index in [1.807, 2.05) is 26.0 Å². The van der Waals surface area contributed by atoms with Crippen molar-refractivity contribution in [1.29, 1.82) is 0 Å². The lowest BCUT2D eigenvalue weighted by Crippen LogP contribution is -2.51. The average molecular weight is 414 g/mol. The number of nitrogens with zero attached hydrogens (tertiary/aromatic N) is 2. The molecule has 0 aliphatic carbocycles. The van der Waals surface area contributed by atoms with Gasteiger partial charge < -0.3 is 15.5 Å². The summed E-state index contributed by atoms with van der Waals surface area (Å²) in [6.07, 6.45) is 2.17. The molecule has 2 unspecified atom stereocenters. The molecule has 1 aromatic carbocycles. The molecule has 2 heterocycles. The zero-order chi connectivity index (χ0) is 22.0. The Bertz CT molecular complexity index is 951. The quantitative estimate of drug-likeness (QED) is 0.680.